The number of hydrogen-bond donors (Lipinski definition) is 0. The number of rotatable bonds is 4. The molecule has 0 N–H and O–H groups in total. The highest BCUT2D eigenvalue weighted by atomic mass is 16.2. The fourth-order valence-corrected chi connectivity index (χ4v) is 4.14. The number of imidazole rings is 1. The zero-order valence-corrected chi connectivity index (χ0v) is 14.7. The smallest absolute Gasteiger partial charge is 0.243 e. The van der Waals surface area contributed by atoms with Crippen LogP contribution in [0.15, 0.2) is 48.8 Å². The molecule has 132 valence electrons. The maximum Gasteiger partial charge on any atom is 0.243 e. The highest BCUT2D eigenvalue weighted by molar-refractivity contribution is 5.81. The molecule has 1 saturated heterocycles. The zero-order valence-electron chi connectivity index (χ0n) is 14.7. The Bertz CT molecular complexity index is 945. The lowest BCUT2D eigenvalue weighted by molar-refractivity contribution is -0.132. The predicted octanol–water partition coefficient (Wildman–Crippen LogP) is 3.67. The van der Waals surface area contributed by atoms with Crippen molar-refractivity contribution in [3.63, 3.8) is 0 Å². The van der Waals surface area contributed by atoms with Crippen molar-refractivity contribution in [1.82, 2.24) is 19.4 Å². The second-order valence-electron chi connectivity index (χ2n) is 7.34. The van der Waals surface area contributed by atoms with E-state index in [1.165, 1.54) is 18.4 Å². The average molecular weight is 346 g/mol. The summed E-state index contributed by atoms with van der Waals surface area (Å²) < 4.78 is 2.15. The van der Waals surface area contributed by atoms with Crippen LogP contribution in [0, 0.1) is 0 Å². The molecule has 3 aromatic rings. The van der Waals surface area contributed by atoms with E-state index in [2.05, 4.69) is 15.6 Å². The molecule has 2 aliphatic rings. The Hall–Kier alpha value is -2.69. The molecule has 0 radical (unpaired) electrons. The zero-order chi connectivity index (χ0) is 17.5. The maximum absolute atomic E-state index is 13.2. The quantitative estimate of drug-likeness (QED) is 0.724. The van der Waals surface area contributed by atoms with Crippen LogP contribution >= 0.6 is 0 Å². The molecule has 26 heavy (non-hydrogen) atoms. The first-order valence-corrected chi connectivity index (χ1v) is 9.46. The molecule has 1 amide bonds. The molecular weight excluding hydrogens is 324 g/mol. The standard InChI is InChI=1S/C21H22N4O/c26-20(24-13-3-6-18(24)15-9-11-22-12-10-15)14-25-19-5-2-1-4-17(19)23-21(25)16-7-8-16/h1-2,4-5,9-12,16,18H,3,6-8,13-14H2/t18-/m1/s1. The fourth-order valence-electron chi connectivity index (χ4n) is 4.14. The molecule has 5 rings (SSSR count). The first-order chi connectivity index (χ1) is 12.8. The van der Waals surface area contributed by atoms with E-state index in [0.29, 0.717) is 12.5 Å². The number of para-hydroxylation sites is 2. The first-order valence-electron chi connectivity index (χ1n) is 9.46. The molecule has 5 nitrogen and oxygen atoms in total. The monoisotopic (exact) mass is 346 g/mol. The number of fused-ring (bicyclic) bond motifs is 1. The molecule has 5 heteroatoms. The number of benzene rings is 1. The van der Waals surface area contributed by atoms with Gasteiger partial charge in [-0.2, -0.15) is 0 Å². The third-order valence-electron chi connectivity index (χ3n) is 5.58. The Labute approximate surface area is 152 Å². The van der Waals surface area contributed by atoms with E-state index in [-0.39, 0.29) is 11.9 Å². The second-order valence-corrected chi connectivity index (χ2v) is 7.34. The molecule has 0 spiro atoms. The Morgan fingerprint density at radius 1 is 1.08 bits per heavy atom. The van der Waals surface area contributed by atoms with E-state index in [1.807, 2.05) is 47.6 Å². The van der Waals surface area contributed by atoms with Gasteiger partial charge in [-0.3, -0.25) is 9.78 Å². The van der Waals surface area contributed by atoms with Gasteiger partial charge in [-0.05, 0) is 55.5 Å². The van der Waals surface area contributed by atoms with Gasteiger partial charge in [0, 0.05) is 24.9 Å². The van der Waals surface area contributed by atoms with Gasteiger partial charge >= 0.3 is 0 Å². The van der Waals surface area contributed by atoms with Crippen molar-refractivity contribution in [2.45, 2.75) is 44.2 Å². The summed E-state index contributed by atoms with van der Waals surface area (Å²) >= 11 is 0. The summed E-state index contributed by atoms with van der Waals surface area (Å²) in [5, 5.41) is 0. The lowest BCUT2D eigenvalue weighted by atomic mass is 10.1. The van der Waals surface area contributed by atoms with Crippen molar-refractivity contribution in [3.8, 4) is 0 Å². The molecule has 1 saturated carbocycles. The molecule has 1 atom stereocenters. The predicted molar refractivity (Wildman–Crippen MR) is 99.6 cm³/mol. The van der Waals surface area contributed by atoms with Crippen LogP contribution in [0.1, 0.15) is 49.0 Å². The third kappa shape index (κ3) is 2.68. The Kier molecular flexibility index (Phi) is 3.73. The fraction of sp³-hybridized carbons (Fsp3) is 0.381. The van der Waals surface area contributed by atoms with E-state index in [9.17, 15) is 4.79 Å². The molecule has 1 aliphatic carbocycles. The number of carbonyl (C=O) groups is 1. The molecule has 0 unspecified atom stereocenters. The topological polar surface area (TPSA) is 51.0 Å². The third-order valence-corrected chi connectivity index (χ3v) is 5.58. The van der Waals surface area contributed by atoms with Crippen LogP contribution in [0.5, 0.6) is 0 Å². The van der Waals surface area contributed by atoms with Gasteiger partial charge in [0.05, 0.1) is 17.1 Å². The van der Waals surface area contributed by atoms with Gasteiger partial charge in [-0.1, -0.05) is 12.1 Å². The lowest BCUT2D eigenvalue weighted by Crippen LogP contribution is -2.33. The summed E-state index contributed by atoms with van der Waals surface area (Å²) in [6, 6.07) is 12.4. The summed E-state index contributed by atoms with van der Waals surface area (Å²) in [5.74, 6) is 1.79. The first kappa shape index (κ1) is 15.6. The summed E-state index contributed by atoms with van der Waals surface area (Å²) in [5.41, 5.74) is 3.25. The van der Waals surface area contributed by atoms with E-state index in [1.54, 1.807) is 0 Å². The van der Waals surface area contributed by atoms with Gasteiger partial charge < -0.3 is 9.47 Å². The van der Waals surface area contributed by atoms with Crippen LogP contribution in [-0.2, 0) is 11.3 Å². The molecular formula is C21H22N4O. The molecule has 2 fully saturated rings. The minimum Gasteiger partial charge on any atom is -0.334 e. The van der Waals surface area contributed by atoms with E-state index >= 15 is 0 Å². The number of carbonyl (C=O) groups excluding carboxylic acids is 1. The van der Waals surface area contributed by atoms with Crippen LogP contribution in [-0.4, -0.2) is 31.9 Å². The summed E-state index contributed by atoms with van der Waals surface area (Å²) in [6.45, 7) is 1.21. The van der Waals surface area contributed by atoms with Gasteiger partial charge in [0.2, 0.25) is 5.91 Å². The molecule has 2 aromatic heterocycles. The summed E-state index contributed by atoms with van der Waals surface area (Å²) in [7, 11) is 0. The largest absolute Gasteiger partial charge is 0.334 e. The number of aromatic nitrogens is 3. The maximum atomic E-state index is 13.2. The minimum atomic E-state index is 0.171. The second kappa shape index (κ2) is 6.24. The van der Waals surface area contributed by atoms with Crippen molar-refractivity contribution >= 4 is 16.9 Å². The number of hydrogen-bond acceptors (Lipinski definition) is 3. The van der Waals surface area contributed by atoms with Crippen LogP contribution in [0.3, 0.4) is 0 Å². The number of nitrogens with zero attached hydrogens (tertiary/aromatic N) is 4. The van der Waals surface area contributed by atoms with Crippen LogP contribution in [0.2, 0.25) is 0 Å². The van der Waals surface area contributed by atoms with Crippen molar-refractivity contribution < 1.29 is 4.79 Å². The Morgan fingerprint density at radius 2 is 1.88 bits per heavy atom. The van der Waals surface area contributed by atoms with Crippen LogP contribution in [0.4, 0.5) is 0 Å². The average Bonchev–Trinajstić information content (AvgIpc) is 3.29. The van der Waals surface area contributed by atoms with Crippen molar-refractivity contribution in [1.29, 1.82) is 0 Å². The van der Waals surface area contributed by atoms with Gasteiger partial charge in [0.25, 0.3) is 0 Å². The highest BCUT2D eigenvalue weighted by Crippen LogP contribution is 2.41. The number of amides is 1. The summed E-state index contributed by atoms with van der Waals surface area (Å²) in [6.07, 6.45) is 8.06. The van der Waals surface area contributed by atoms with Crippen LogP contribution in [0.25, 0.3) is 11.0 Å². The minimum absolute atomic E-state index is 0.171. The summed E-state index contributed by atoms with van der Waals surface area (Å²) in [4.78, 5) is 24.2. The van der Waals surface area contributed by atoms with Gasteiger partial charge in [-0.15, -0.1) is 0 Å². The molecule has 1 aliphatic heterocycles. The molecule has 3 heterocycles. The molecule has 0 bridgehead atoms. The number of likely N-dealkylation sites (tertiary alicyclic amines) is 1. The van der Waals surface area contributed by atoms with E-state index in [4.69, 9.17) is 4.98 Å². The normalized spacial score (nSPS) is 20.0. The Balaban J connectivity index is 1.45. The van der Waals surface area contributed by atoms with Gasteiger partial charge in [0.15, 0.2) is 0 Å². The van der Waals surface area contributed by atoms with Crippen molar-refractivity contribution in [2.24, 2.45) is 0 Å². The van der Waals surface area contributed by atoms with Gasteiger partial charge in [0.1, 0.15) is 12.4 Å². The number of pyridine rings is 1. The van der Waals surface area contributed by atoms with Gasteiger partial charge in [-0.25, -0.2) is 4.98 Å². The highest BCUT2D eigenvalue weighted by Gasteiger charge is 2.33. The van der Waals surface area contributed by atoms with Crippen molar-refractivity contribution in [2.75, 3.05) is 6.54 Å². The lowest BCUT2D eigenvalue weighted by Gasteiger charge is -2.25. The van der Waals surface area contributed by atoms with E-state index < -0.39 is 0 Å². The van der Waals surface area contributed by atoms with E-state index in [0.717, 1.165) is 36.2 Å². The SMILES string of the molecule is O=C(Cn1c(C2CC2)nc2ccccc21)N1CCC[C@@H]1c1ccncc1. The Morgan fingerprint density at radius 3 is 2.69 bits per heavy atom. The van der Waals surface area contributed by atoms with Crippen LogP contribution < -0.4 is 0 Å². The molecule has 1 aromatic carbocycles. The van der Waals surface area contributed by atoms with Crippen molar-refractivity contribution in [3.05, 3.63) is 60.2 Å².